The van der Waals surface area contributed by atoms with Gasteiger partial charge in [-0.15, -0.1) is 0 Å². The smallest absolute Gasteiger partial charge is 0.337 e. The molecule has 0 spiro atoms. The van der Waals surface area contributed by atoms with Gasteiger partial charge in [0.05, 0.1) is 11.3 Å². The molecular weight excluding hydrogens is 238 g/mol. The Labute approximate surface area is 103 Å². The van der Waals surface area contributed by atoms with E-state index in [1.54, 1.807) is 18.2 Å². The molecule has 1 amide bonds. The van der Waals surface area contributed by atoms with Gasteiger partial charge in [-0.3, -0.25) is 4.79 Å². The average molecular weight is 247 g/mol. The number of fused-ring (bicyclic) bond motifs is 1. The van der Waals surface area contributed by atoms with Crippen molar-refractivity contribution in [3.05, 3.63) is 42.0 Å². The minimum absolute atomic E-state index is 0.0473. The predicted octanol–water partition coefficient (Wildman–Crippen LogP) is 3.00. The highest BCUT2D eigenvalue weighted by Crippen LogP contribution is 2.27. The van der Waals surface area contributed by atoms with E-state index in [1.165, 1.54) is 6.07 Å². The number of amides is 1. The van der Waals surface area contributed by atoms with Crippen molar-refractivity contribution in [1.82, 2.24) is 0 Å². The molecule has 86 valence electrons. The van der Waals surface area contributed by atoms with Gasteiger partial charge < -0.3 is 10.4 Å². The fourth-order valence-electron chi connectivity index (χ4n) is 1.69. The quantitative estimate of drug-likeness (QED) is 0.715. The van der Waals surface area contributed by atoms with Crippen LogP contribution in [0.15, 0.2) is 36.4 Å². The fourth-order valence-corrected chi connectivity index (χ4v) is 1.80. The van der Waals surface area contributed by atoms with Crippen molar-refractivity contribution in [2.75, 3.05) is 5.32 Å². The Hall–Kier alpha value is -2.01. The van der Waals surface area contributed by atoms with Gasteiger partial charge >= 0.3 is 5.97 Å². The number of nitrogens with one attached hydrogen (secondary N) is 1. The summed E-state index contributed by atoms with van der Waals surface area (Å²) in [6.45, 7) is 0. The van der Waals surface area contributed by atoms with E-state index in [-0.39, 0.29) is 11.3 Å². The summed E-state index contributed by atoms with van der Waals surface area (Å²) in [7, 11) is 0. The maximum Gasteiger partial charge on any atom is 0.337 e. The van der Waals surface area contributed by atoms with Gasteiger partial charge in [-0.25, -0.2) is 4.79 Å². The Morgan fingerprint density at radius 1 is 1.12 bits per heavy atom. The molecule has 0 fully saturated rings. The number of rotatable bonds is 2. The molecule has 0 atom stereocenters. The maximum atomic E-state index is 11.1. The molecule has 0 unspecified atom stereocenters. The Morgan fingerprint density at radius 2 is 1.82 bits per heavy atom. The van der Waals surface area contributed by atoms with Crippen LogP contribution < -0.4 is 5.32 Å². The van der Waals surface area contributed by atoms with Gasteiger partial charge in [-0.05, 0) is 11.5 Å². The van der Waals surface area contributed by atoms with Crippen LogP contribution in [0.1, 0.15) is 10.4 Å². The van der Waals surface area contributed by atoms with Gasteiger partial charge in [0.25, 0.3) is 5.24 Å². The first-order valence-electron chi connectivity index (χ1n) is 4.84. The second-order valence-electron chi connectivity index (χ2n) is 3.44. The third kappa shape index (κ3) is 2.24. The molecule has 2 aromatic rings. The average Bonchev–Trinajstić information content (AvgIpc) is 2.28. The van der Waals surface area contributed by atoms with Crippen molar-refractivity contribution in [1.29, 1.82) is 0 Å². The maximum absolute atomic E-state index is 11.1. The summed E-state index contributed by atoms with van der Waals surface area (Å²) in [5.74, 6) is -1.09. The lowest BCUT2D eigenvalue weighted by molar-refractivity contribution is 0.0698. The van der Waals surface area contributed by atoms with Crippen molar-refractivity contribution >= 4 is 40.3 Å². The van der Waals surface area contributed by atoms with Crippen molar-refractivity contribution < 1.29 is 14.7 Å². The summed E-state index contributed by atoms with van der Waals surface area (Å²) in [4.78, 5) is 22.1. The lowest BCUT2D eigenvalue weighted by Gasteiger charge is -2.10. The highest BCUT2D eigenvalue weighted by molar-refractivity contribution is 7.96. The van der Waals surface area contributed by atoms with Gasteiger partial charge in [-0.1, -0.05) is 43.0 Å². The summed E-state index contributed by atoms with van der Waals surface area (Å²) in [5.41, 5.74) is 0.321. The van der Waals surface area contributed by atoms with E-state index in [1.807, 2.05) is 12.1 Å². The first kappa shape index (κ1) is 11.5. The van der Waals surface area contributed by atoms with Crippen molar-refractivity contribution in [2.24, 2.45) is 0 Å². The second kappa shape index (κ2) is 4.47. The summed E-state index contributed by atoms with van der Waals surface area (Å²) in [6.07, 6.45) is 0. The van der Waals surface area contributed by atoms with Crippen LogP contribution in [0.4, 0.5) is 10.5 Å². The third-order valence-electron chi connectivity index (χ3n) is 2.39. The van der Waals surface area contributed by atoms with Crippen LogP contribution in [-0.2, 0) is 0 Å². The monoisotopic (exact) mass is 247 g/mol. The standard InChI is InChI=1S/C12H9NO3S/c14-11(15)9-6-5-7-3-1-2-4-8(7)10(9)13-12(16)17/h1-6H,(H,14,15)(H2,13,16,17). The van der Waals surface area contributed by atoms with E-state index >= 15 is 0 Å². The van der Waals surface area contributed by atoms with E-state index in [9.17, 15) is 9.59 Å². The van der Waals surface area contributed by atoms with E-state index in [4.69, 9.17) is 5.11 Å². The zero-order valence-electron chi connectivity index (χ0n) is 8.68. The molecule has 0 aliphatic heterocycles. The number of aromatic carboxylic acids is 1. The van der Waals surface area contributed by atoms with Crippen LogP contribution in [0.25, 0.3) is 10.8 Å². The van der Waals surface area contributed by atoms with Crippen LogP contribution >= 0.6 is 12.6 Å². The van der Waals surface area contributed by atoms with Crippen LogP contribution in [0.3, 0.4) is 0 Å². The lowest BCUT2D eigenvalue weighted by Crippen LogP contribution is -2.08. The molecule has 2 rings (SSSR count). The number of anilines is 1. The molecule has 5 heteroatoms. The van der Waals surface area contributed by atoms with Crippen LogP contribution in [0.5, 0.6) is 0 Å². The topological polar surface area (TPSA) is 66.4 Å². The number of carboxylic acids is 1. The predicted molar refractivity (Wildman–Crippen MR) is 68.9 cm³/mol. The molecule has 17 heavy (non-hydrogen) atoms. The number of benzene rings is 2. The van der Waals surface area contributed by atoms with Gasteiger partial charge in [0.2, 0.25) is 0 Å². The van der Waals surface area contributed by atoms with E-state index < -0.39 is 11.2 Å². The molecule has 0 saturated carbocycles. The molecule has 0 saturated heterocycles. The summed E-state index contributed by atoms with van der Waals surface area (Å²) in [5, 5.41) is 12.4. The van der Waals surface area contributed by atoms with Crippen LogP contribution in [0.2, 0.25) is 0 Å². The number of thiol groups is 1. The zero-order chi connectivity index (χ0) is 12.4. The molecule has 0 aromatic heterocycles. The second-order valence-corrected chi connectivity index (χ2v) is 3.85. The van der Waals surface area contributed by atoms with Gasteiger partial charge in [-0.2, -0.15) is 0 Å². The minimum atomic E-state index is -1.09. The molecule has 4 nitrogen and oxygen atoms in total. The summed E-state index contributed by atoms with van der Waals surface area (Å²) in [6, 6.07) is 10.4. The van der Waals surface area contributed by atoms with Crippen LogP contribution in [0, 0.1) is 0 Å². The van der Waals surface area contributed by atoms with Gasteiger partial charge in [0.15, 0.2) is 0 Å². The third-order valence-corrected chi connectivity index (χ3v) is 2.50. The molecule has 0 bridgehead atoms. The summed E-state index contributed by atoms with van der Waals surface area (Å²) < 4.78 is 0. The Balaban J connectivity index is 2.74. The first-order chi connectivity index (χ1) is 8.09. The fraction of sp³-hybridized carbons (Fsp3) is 0. The number of hydrogen-bond acceptors (Lipinski definition) is 2. The van der Waals surface area contributed by atoms with E-state index in [2.05, 4.69) is 17.9 Å². The van der Waals surface area contributed by atoms with Crippen molar-refractivity contribution in [3.8, 4) is 0 Å². The van der Waals surface area contributed by atoms with Crippen molar-refractivity contribution in [3.63, 3.8) is 0 Å². The highest BCUT2D eigenvalue weighted by Gasteiger charge is 2.14. The first-order valence-corrected chi connectivity index (χ1v) is 5.29. The largest absolute Gasteiger partial charge is 0.478 e. The Kier molecular flexibility index (Phi) is 3.01. The number of carboxylic acid groups (broad SMARTS) is 1. The molecule has 0 radical (unpaired) electrons. The molecule has 2 N–H and O–H groups in total. The molecule has 0 aliphatic carbocycles. The highest BCUT2D eigenvalue weighted by atomic mass is 32.1. The van der Waals surface area contributed by atoms with E-state index in [0.717, 1.165) is 5.39 Å². The Morgan fingerprint density at radius 3 is 2.47 bits per heavy atom. The Bertz CT molecular complexity index is 610. The number of carbonyl (C=O) groups excluding carboxylic acids is 1. The molecule has 2 aromatic carbocycles. The zero-order valence-corrected chi connectivity index (χ0v) is 9.57. The summed E-state index contributed by atoms with van der Waals surface area (Å²) >= 11 is 3.61. The minimum Gasteiger partial charge on any atom is -0.478 e. The lowest BCUT2D eigenvalue weighted by atomic mass is 10.0. The van der Waals surface area contributed by atoms with Crippen LogP contribution in [-0.4, -0.2) is 16.3 Å². The van der Waals surface area contributed by atoms with E-state index in [0.29, 0.717) is 5.39 Å². The van der Waals surface area contributed by atoms with Gasteiger partial charge in [0, 0.05) is 5.39 Å². The molecule has 0 aliphatic rings. The normalized spacial score (nSPS) is 10.2. The number of hydrogen-bond donors (Lipinski definition) is 3. The molecular formula is C12H9NO3S. The number of carbonyl (C=O) groups is 2. The molecule has 0 heterocycles. The van der Waals surface area contributed by atoms with Crippen molar-refractivity contribution in [2.45, 2.75) is 0 Å². The SMILES string of the molecule is O=C(S)Nc1c(C(=O)O)ccc2ccccc12. The van der Waals surface area contributed by atoms with Gasteiger partial charge in [0.1, 0.15) is 0 Å².